The summed E-state index contributed by atoms with van der Waals surface area (Å²) in [6.07, 6.45) is 1.85. The second-order valence-electron chi connectivity index (χ2n) is 6.18. The van der Waals surface area contributed by atoms with E-state index in [0.29, 0.717) is 5.92 Å². The molecule has 1 aromatic heterocycles. The van der Waals surface area contributed by atoms with E-state index in [1.54, 1.807) is 16.4 Å². The van der Waals surface area contributed by atoms with Crippen LogP contribution in [0.25, 0.3) is 0 Å². The molecule has 5 heteroatoms. The fourth-order valence-corrected chi connectivity index (χ4v) is 3.26. The monoisotopic (exact) mass is 350 g/mol. The number of hydrogen-bond acceptors (Lipinski definition) is 4. The maximum Gasteiger partial charge on any atom is 0.212 e. The lowest BCUT2D eigenvalue weighted by atomic mass is 10.0. The maximum absolute atomic E-state index is 4.57. The van der Waals surface area contributed by atoms with Crippen LogP contribution in [0.3, 0.4) is 0 Å². The van der Waals surface area contributed by atoms with Crippen LogP contribution in [-0.2, 0) is 5.75 Å². The molecule has 0 bridgehead atoms. The van der Waals surface area contributed by atoms with E-state index in [1.807, 2.05) is 31.3 Å². The summed E-state index contributed by atoms with van der Waals surface area (Å²) in [6.45, 7) is 6.30. The van der Waals surface area contributed by atoms with Crippen LogP contribution >= 0.6 is 11.8 Å². The molecule has 128 valence electrons. The van der Waals surface area contributed by atoms with E-state index in [0.717, 1.165) is 22.3 Å². The molecule has 0 aliphatic carbocycles. The molecule has 0 spiro atoms. The second-order valence-corrected chi connectivity index (χ2v) is 7.12. The number of nitrogens with zero attached hydrogens (tertiary/aromatic N) is 4. The molecular formula is C20H22N4S. The highest BCUT2D eigenvalue weighted by Gasteiger charge is 2.08. The number of benzene rings is 2. The van der Waals surface area contributed by atoms with Gasteiger partial charge in [-0.15, -0.1) is 10.2 Å². The molecule has 0 unspecified atom stereocenters. The number of aromatic nitrogens is 3. The summed E-state index contributed by atoms with van der Waals surface area (Å²) < 4.78 is 1.80. The Morgan fingerprint density at radius 3 is 2.44 bits per heavy atom. The molecule has 2 aromatic carbocycles. The summed E-state index contributed by atoms with van der Waals surface area (Å²) in [4.78, 5) is 0. The predicted molar refractivity (Wildman–Crippen MR) is 104 cm³/mol. The minimum atomic E-state index is 0.534. The lowest BCUT2D eigenvalue weighted by Gasteiger charge is -2.05. The Labute approximate surface area is 153 Å². The van der Waals surface area contributed by atoms with Crippen LogP contribution in [0.1, 0.15) is 42.3 Å². The molecule has 4 nitrogen and oxygen atoms in total. The van der Waals surface area contributed by atoms with Gasteiger partial charge in [-0.2, -0.15) is 9.78 Å². The minimum absolute atomic E-state index is 0.534. The van der Waals surface area contributed by atoms with Gasteiger partial charge in [0.25, 0.3) is 0 Å². The van der Waals surface area contributed by atoms with Crippen molar-refractivity contribution in [3.8, 4) is 0 Å². The van der Waals surface area contributed by atoms with E-state index < -0.39 is 0 Å². The van der Waals surface area contributed by atoms with Crippen molar-refractivity contribution in [2.45, 2.75) is 37.6 Å². The van der Waals surface area contributed by atoms with Gasteiger partial charge in [-0.25, -0.2) is 0 Å². The average Bonchev–Trinajstić information content (AvgIpc) is 2.99. The van der Waals surface area contributed by atoms with E-state index in [2.05, 4.69) is 65.5 Å². The van der Waals surface area contributed by atoms with Gasteiger partial charge in [-0.3, -0.25) is 0 Å². The highest BCUT2D eigenvalue weighted by Crippen LogP contribution is 2.21. The van der Waals surface area contributed by atoms with Gasteiger partial charge in [0, 0.05) is 5.75 Å². The van der Waals surface area contributed by atoms with Crippen LogP contribution in [0.4, 0.5) is 0 Å². The van der Waals surface area contributed by atoms with Gasteiger partial charge in [0.1, 0.15) is 0 Å². The Hall–Kier alpha value is -2.40. The Bertz CT molecular complexity index is 836. The van der Waals surface area contributed by atoms with Crippen LogP contribution < -0.4 is 0 Å². The zero-order valence-corrected chi connectivity index (χ0v) is 15.6. The van der Waals surface area contributed by atoms with Crippen LogP contribution in [0.15, 0.2) is 64.9 Å². The van der Waals surface area contributed by atoms with Gasteiger partial charge < -0.3 is 0 Å². The Balaban J connectivity index is 1.72. The highest BCUT2D eigenvalue weighted by molar-refractivity contribution is 7.98. The largest absolute Gasteiger partial charge is 0.212 e. The molecule has 1 heterocycles. The average molecular weight is 350 g/mol. The SMILES string of the molecule is Cc1nnc(SCc2ccccc2)n1/N=C/c1ccc(C(C)C)cc1. The van der Waals surface area contributed by atoms with Crippen molar-refractivity contribution in [1.29, 1.82) is 0 Å². The van der Waals surface area contributed by atoms with Crippen LogP contribution in [0.2, 0.25) is 0 Å². The maximum atomic E-state index is 4.57. The summed E-state index contributed by atoms with van der Waals surface area (Å²) >= 11 is 1.64. The third kappa shape index (κ3) is 4.57. The molecule has 0 fully saturated rings. The predicted octanol–water partition coefficient (Wildman–Crippen LogP) is 4.88. The van der Waals surface area contributed by atoms with Crippen LogP contribution in [0.5, 0.6) is 0 Å². The molecule has 0 amide bonds. The Morgan fingerprint density at radius 1 is 1.04 bits per heavy atom. The number of hydrogen-bond donors (Lipinski definition) is 0. The fraction of sp³-hybridized carbons (Fsp3) is 0.250. The smallest absolute Gasteiger partial charge is 0.192 e. The van der Waals surface area contributed by atoms with Gasteiger partial charge in [0.05, 0.1) is 6.21 Å². The van der Waals surface area contributed by atoms with Crippen molar-refractivity contribution in [2.24, 2.45) is 5.10 Å². The number of thioether (sulfide) groups is 1. The van der Waals surface area contributed by atoms with Crippen molar-refractivity contribution in [2.75, 3.05) is 0 Å². The van der Waals surface area contributed by atoms with E-state index in [9.17, 15) is 0 Å². The van der Waals surface area contributed by atoms with Gasteiger partial charge >= 0.3 is 0 Å². The van der Waals surface area contributed by atoms with Crippen LogP contribution in [0, 0.1) is 6.92 Å². The number of rotatable bonds is 6. The highest BCUT2D eigenvalue weighted by atomic mass is 32.2. The van der Waals surface area contributed by atoms with Gasteiger partial charge in [0.15, 0.2) is 5.82 Å². The second kappa shape index (κ2) is 8.12. The van der Waals surface area contributed by atoms with Crippen molar-refractivity contribution >= 4 is 18.0 Å². The van der Waals surface area contributed by atoms with Gasteiger partial charge in [-0.05, 0) is 29.5 Å². The van der Waals surface area contributed by atoms with Crippen molar-refractivity contribution < 1.29 is 0 Å². The Kier molecular flexibility index (Phi) is 5.66. The first kappa shape index (κ1) is 17.4. The summed E-state index contributed by atoms with van der Waals surface area (Å²) in [5.74, 6) is 2.16. The molecule has 25 heavy (non-hydrogen) atoms. The summed E-state index contributed by atoms with van der Waals surface area (Å²) in [5.41, 5.74) is 3.65. The van der Waals surface area contributed by atoms with Gasteiger partial charge in [0.2, 0.25) is 5.16 Å². The quantitative estimate of drug-likeness (QED) is 0.470. The van der Waals surface area contributed by atoms with Crippen molar-refractivity contribution in [3.63, 3.8) is 0 Å². The molecule has 3 rings (SSSR count). The summed E-state index contributed by atoms with van der Waals surface area (Å²) in [5, 5.41) is 13.8. The summed E-state index contributed by atoms with van der Waals surface area (Å²) in [7, 11) is 0. The van der Waals surface area contributed by atoms with E-state index in [-0.39, 0.29) is 0 Å². The zero-order chi connectivity index (χ0) is 17.6. The number of aryl methyl sites for hydroxylation is 1. The van der Waals surface area contributed by atoms with E-state index in [4.69, 9.17) is 0 Å². The first-order chi connectivity index (χ1) is 12.1. The molecule has 0 saturated carbocycles. The van der Waals surface area contributed by atoms with Gasteiger partial charge in [-0.1, -0.05) is 80.2 Å². The molecule has 0 aliphatic rings. The van der Waals surface area contributed by atoms with Crippen molar-refractivity contribution in [1.82, 2.24) is 14.9 Å². The third-order valence-electron chi connectivity index (χ3n) is 3.90. The lowest BCUT2D eigenvalue weighted by molar-refractivity contribution is 0.744. The fourth-order valence-electron chi connectivity index (χ4n) is 2.37. The molecule has 0 saturated heterocycles. The zero-order valence-electron chi connectivity index (χ0n) is 14.8. The molecular weight excluding hydrogens is 328 g/mol. The minimum Gasteiger partial charge on any atom is -0.192 e. The molecule has 0 aliphatic heterocycles. The molecule has 0 radical (unpaired) electrons. The third-order valence-corrected chi connectivity index (χ3v) is 4.89. The Morgan fingerprint density at radius 2 is 1.76 bits per heavy atom. The van der Waals surface area contributed by atoms with E-state index >= 15 is 0 Å². The lowest BCUT2D eigenvalue weighted by Crippen LogP contribution is -1.97. The topological polar surface area (TPSA) is 43.1 Å². The standard InChI is InChI=1S/C20H22N4S/c1-15(2)19-11-9-17(10-12-19)13-21-24-16(3)22-23-20(24)25-14-18-7-5-4-6-8-18/h4-13,15H,14H2,1-3H3/b21-13+. The molecule has 0 N–H and O–H groups in total. The van der Waals surface area contributed by atoms with E-state index in [1.165, 1.54) is 11.1 Å². The summed E-state index contributed by atoms with van der Waals surface area (Å²) in [6, 6.07) is 18.8. The molecule has 3 aromatic rings. The normalized spacial score (nSPS) is 11.5. The van der Waals surface area contributed by atoms with Crippen molar-refractivity contribution in [3.05, 3.63) is 77.1 Å². The first-order valence-electron chi connectivity index (χ1n) is 8.36. The first-order valence-corrected chi connectivity index (χ1v) is 9.35. The van der Waals surface area contributed by atoms with Crippen LogP contribution in [-0.4, -0.2) is 21.1 Å². The molecule has 0 atom stereocenters.